The highest BCUT2D eigenvalue weighted by atomic mass is 35.5. The average molecular weight is 361 g/mol. The summed E-state index contributed by atoms with van der Waals surface area (Å²) in [5.41, 5.74) is 4.27. The molecule has 0 aliphatic carbocycles. The van der Waals surface area contributed by atoms with Gasteiger partial charge >= 0.3 is 0 Å². The van der Waals surface area contributed by atoms with E-state index in [0.717, 1.165) is 22.3 Å². The molecular formula is C21H13ClN2O2. The Morgan fingerprint density at radius 1 is 0.654 bits per heavy atom. The number of halogens is 1. The van der Waals surface area contributed by atoms with Gasteiger partial charge in [-0.1, -0.05) is 42.5 Å². The van der Waals surface area contributed by atoms with Crippen LogP contribution in [0.5, 0.6) is 0 Å². The SMILES string of the molecule is O=C(Cl)c1ccc(-c2nnc(-c3ccc(-c4ccccc4)cc3)o2)cc1. The predicted octanol–water partition coefficient (Wildman–Crippen LogP) is 5.45. The number of carbonyl (C=O) groups is 1. The van der Waals surface area contributed by atoms with Crippen molar-refractivity contribution < 1.29 is 9.21 Å². The molecule has 0 saturated heterocycles. The molecule has 4 nitrogen and oxygen atoms in total. The summed E-state index contributed by atoms with van der Waals surface area (Å²) in [6.45, 7) is 0. The lowest BCUT2D eigenvalue weighted by Gasteiger charge is -2.02. The first-order valence-electron chi connectivity index (χ1n) is 8.00. The van der Waals surface area contributed by atoms with Crippen LogP contribution in [0.2, 0.25) is 0 Å². The molecule has 0 aliphatic rings. The van der Waals surface area contributed by atoms with E-state index in [-0.39, 0.29) is 0 Å². The molecule has 4 rings (SSSR count). The predicted molar refractivity (Wildman–Crippen MR) is 101 cm³/mol. The highest BCUT2D eigenvalue weighted by Gasteiger charge is 2.11. The number of aromatic nitrogens is 2. The van der Waals surface area contributed by atoms with Gasteiger partial charge in [-0.3, -0.25) is 4.79 Å². The normalized spacial score (nSPS) is 10.7. The third-order valence-corrected chi connectivity index (χ3v) is 4.24. The highest BCUT2D eigenvalue weighted by Crippen LogP contribution is 2.27. The Bertz CT molecular complexity index is 1040. The number of carbonyl (C=O) groups excluding carboxylic acids is 1. The van der Waals surface area contributed by atoms with Crippen LogP contribution in [0.3, 0.4) is 0 Å². The first-order chi connectivity index (χ1) is 12.7. The smallest absolute Gasteiger partial charge is 0.252 e. The third kappa shape index (κ3) is 3.27. The molecule has 0 spiro atoms. The van der Waals surface area contributed by atoms with Gasteiger partial charge in [0.25, 0.3) is 5.24 Å². The Labute approximate surface area is 155 Å². The summed E-state index contributed by atoms with van der Waals surface area (Å²) < 4.78 is 5.76. The zero-order valence-corrected chi connectivity index (χ0v) is 14.4. The summed E-state index contributed by atoms with van der Waals surface area (Å²) >= 11 is 5.45. The number of hydrogen-bond acceptors (Lipinski definition) is 4. The van der Waals surface area contributed by atoms with Crippen molar-refractivity contribution in [3.8, 4) is 34.0 Å². The summed E-state index contributed by atoms with van der Waals surface area (Å²) in [5, 5.41) is 7.70. The minimum absolute atomic E-state index is 0.390. The molecular weight excluding hydrogens is 348 g/mol. The van der Waals surface area contributed by atoms with Gasteiger partial charge in [0, 0.05) is 16.7 Å². The number of hydrogen-bond donors (Lipinski definition) is 0. The molecule has 0 N–H and O–H groups in total. The van der Waals surface area contributed by atoms with Gasteiger partial charge in [-0.25, -0.2) is 0 Å². The molecule has 0 aliphatic heterocycles. The number of benzene rings is 3. The fraction of sp³-hybridized carbons (Fsp3) is 0. The van der Waals surface area contributed by atoms with Crippen molar-refractivity contribution in [2.75, 3.05) is 0 Å². The molecule has 0 bridgehead atoms. The van der Waals surface area contributed by atoms with Crippen LogP contribution in [-0.4, -0.2) is 15.4 Å². The van der Waals surface area contributed by atoms with Crippen molar-refractivity contribution in [1.29, 1.82) is 0 Å². The van der Waals surface area contributed by atoms with Crippen molar-refractivity contribution in [2.24, 2.45) is 0 Å². The lowest BCUT2D eigenvalue weighted by atomic mass is 10.0. The van der Waals surface area contributed by atoms with Gasteiger partial charge in [-0.2, -0.15) is 0 Å². The van der Waals surface area contributed by atoms with Crippen LogP contribution < -0.4 is 0 Å². The van der Waals surface area contributed by atoms with Crippen LogP contribution in [0.15, 0.2) is 83.3 Å². The van der Waals surface area contributed by atoms with Crippen molar-refractivity contribution in [3.63, 3.8) is 0 Å². The first-order valence-corrected chi connectivity index (χ1v) is 8.38. The van der Waals surface area contributed by atoms with Gasteiger partial charge in [-0.05, 0) is 59.1 Å². The van der Waals surface area contributed by atoms with Gasteiger partial charge in [0.1, 0.15) is 0 Å². The van der Waals surface area contributed by atoms with Crippen molar-refractivity contribution >= 4 is 16.8 Å². The Hall–Kier alpha value is -3.24. The molecule has 0 fully saturated rings. The number of rotatable bonds is 4. The van der Waals surface area contributed by atoms with Crippen molar-refractivity contribution in [2.45, 2.75) is 0 Å². The van der Waals surface area contributed by atoms with E-state index in [9.17, 15) is 4.79 Å². The zero-order chi connectivity index (χ0) is 17.9. The van der Waals surface area contributed by atoms with E-state index < -0.39 is 5.24 Å². The standard InChI is InChI=1S/C21H13ClN2O2/c22-19(25)16-8-12-18(13-9-16)21-24-23-20(26-21)17-10-6-15(7-11-17)14-4-2-1-3-5-14/h1-13H. The average Bonchev–Trinajstić information content (AvgIpc) is 3.19. The summed E-state index contributed by atoms with van der Waals surface area (Å²) in [6, 6.07) is 24.8. The van der Waals surface area contributed by atoms with Crippen LogP contribution >= 0.6 is 11.6 Å². The molecule has 0 unspecified atom stereocenters. The number of nitrogens with zero attached hydrogens (tertiary/aromatic N) is 2. The Balaban J connectivity index is 1.59. The summed E-state index contributed by atoms with van der Waals surface area (Å²) in [5.74, 6) is 0.831. The Morgan fingerprint density at radius 2 is 1.12 bits per heavy atom. The monoisotopic (exact) mass is 360 g/mol. The summed E-state index contributed by atoms with van der Waals surface area (Å²) in [4.78, 5) is 11.1. The summed E-state index contributed by atoms with van der Waals surface area (Å²) in [6.07, 6.45) is 0. The lowest BCUT2D eigenvalue weighted by molar-refractivity contribution is 0.108. The van der Waals surface area contributed by atoms with E-state index in [1.54, 1.807) is 24.3 Å². The molecule has 0 amide bonds. The van der Waals surface area contributed by atoms with E-state index in [2.05, 4.69) is 22.3 Å². The van der Waals surface area contributed by atoms with Crippen molar-refractivity contribution in [3.05, 3.63) is 84.4 Å². The largest absolute Gasteiger partial charge is 0.416 e. The van der Waals surface area contributed by atoms with E-state index in [1.165, 1.54) is 0 Å². The fourth-order valence-electron chi connectivity index (χ4n) is 2.64. The first kappa shape index (κ1) is 16.2. The lowest BCUT2D eigenvalue weighted by Crippen LogP contribution is -1.87. The van der Waals surface area contributed by atoms with Gasteiger partial charge < -0.3 is 4.42 Å². The van der Waals surface area contributed by atoms with Crippen molar-refractivity contribution in [1.82, 2.24) is 10.2 Å². The molecule has 3 aromatic carbocycles. The Kier molecular flexibility index (Phi) is 4.33. The van der Waals surface area contributed by atoms with Crippen LogP contribution in [0.4, 0.5) is 0 Å². The Morgan fingerprint density at radius 3 is 1.65 bits per heavy atom. The molecule has 5 heteroatoms. The van der Waals surface area contributed by atoms with Gasteiger partial charge in [0.2, 0.25) is 11.8 Å². The minimum Gasteiger partial charge on any atom is -0.416 e. The van der Waals surface area contributed by atoms with Crippen LogP contribution in [0.25, 0.3) is 34.0 Å². The molecule has 0 radical (unpaired) electrons. The maximum atomic E-state index is 11.1. The van der Waals surface area contributed by atoms with Gasteiger partial charge in [-0.15, -0.1) is 10.2 Å². The summed E-state index contributed by atoms with van der Waals surface area (Å²) in [7, 11) is 0. The second-order valence-corrected chi connectivity index (χ2v) is 6.05. The highest BCUT2D eigenvalue weighted by molar-refractivity contribution is 6.67. The quantitative estimate of drug-likeness (QED) is 0.454. The molecule has 1 aromatic heterocycles. The maximum absolute atomic E-state index is 11.1. The topological polar surface area (TPSA) is 56.0 Å². The molecule has 0 atom stereocenters. The van der Waals surface area contributed by atoms with E-state index in [0.29, 0.717) is 17.3 Å². The van der Waals surface area contributed by atoms with E-state index >= 15 is 0 Å². The second-order valence-electron chi connectivity index (χ2n) is 5.71. The third-order valence-electron chi connectivity index (χ3n) is 4.02. The molecule has 0 saturated carbocycles. The van der Waals surface area contributed by atoms with E-state index in [4.69, 9.17) is 16.0 Å². The molecule has 4 aromatic rings. The minimum atomic E-state index is -0.499. The molecule has 26 heavy (non-hydrogen) atoms. The zero-order valence-electron chi connectivity index (χ0n) is 13.6. The molecule has 1 heterocycles. The second kappa shape index (κ2) is 6.94. The maximum Gasteiger partial charge on any atom is 0.252 e. The van der Waals surface area contributed by atoms with Gasteiger partial charge in [0.05, 0.1) is 0 Å². The van der Waals surface area contributed by atoms with E-state index in [1.807, 2.05) is 42.5 Å². The van der Waals surface area contributed by atoms with Crippen LogP contribution in [0.1, 0.15) is 10.4 Å². The van der Waals surface area contributed by atoms with Crippen LogP contribution in [-0.2, 0) is 0 Å². The van der Waals surface area contributed by atoms with Crippen LogP contribution in [0, 0.1) is 0 Å². The fourth-order valence-corrected chi connectivity index (χ4v) is 2.76. The molecule has 126 valence electrons. The van der Waals surface area contributed by atoms with Gasteiger partial charge in [0.15, 0.2) is 0 Å².